The first-order valence-electron chi connectivity index (χ1n) is 2.12. The van der Waals surface area contributed by atoms with E-state index in [0.29, 0.717) is 0 Å². The van der Waals surface area contributed by atoms with Crippen molar-refractivity contribution in [3.05, 3.63) is 0 Å². The molecule has 0 radical (unpaired) electrons. The summed E-state index contributed by atoms with van der Waals surface area (Å²) in [5.74, 6) is -0.125. The van der Waals surface area contributed by atoms with Gasteiger partial charge in [-0.1, -0.05) is 0 Å². The van der Waals surface area contributed by atoms with Crippen LogP contribution in [0.15, 0.2) is 0 Å². The van der Waals surface area contributed by atoms with Crippen LogP contribution in [0, 0.1) is 0 Å². The minimum Gasteiger partial charge on any atom is -2.00 e. The van der Waals surface area contributed by atoms with E-state index in [-0.39, 0.29) is 42.9 Å². The Morgan fingerprint density at radius 3 is 1.33 bits per heavy atom. The monoisotopic (exact) mass is 180 g/mol. The first-order chi connectivity index (χ1) is 3.13. The number of rotatable bonds is 2. The smallest absolute Gasteiger partial charge is 2.00 e. The van der Waals surface area contributed by atoms with Gasteiger partial charge in [0.15, 0.2) is 0 Å². The van der Waals surface area contributed by atoms with Gasteiger partial charge in [0, 0.05) is 0 Å². The third kappa shape index (κ3) is 18.1. The Morgan fingerprint density at radius 2 is 1.33 bits per heavy atom. The van der Waals surface area contributed by atoms with Gasteiger partial charge in [-0.05, 0) is 13.8 Å². The van der Waals surface area contributed by atoms with Crippen molar-refractivity contribution in [3.63, 3.8) is 0 Å². The van der Waals surface area contributed by atoms with Gasteiger partial charge in [-0.15, -0.1) is 0 Å². The van der Waals surface area contributed by atoms with E-state index in [4.69, 9.17) is 0 Å². The zero-order chi connectivity index (χ0) is 5.86. The summed E-state index contributed by atoms with van der Waals surface area (Å²) in [6.45, 7) is 2.81. The van der Waals surface area contributed by atoms with Gasteiger partial charge in [-0.2, -0.15) is 0 Å². The van der Waals surface area contributed by atoms with Crippen LogP contribution >= 0.6 is 0 Å². The van der Waals surface area contributed by atoms with E-state index in [1.54, 1.807) is 0 Å². The quantitative estimate of drug-likeness (QED) is 0.458. The standard InChI is InChI=1S/C5H8O2.O.Zn/c1-4(6)3-5(2)7;;/h3H2,1-2H3;;/q;-2;+2. The maximum atomic E-state index is 10.0. The van der Waals surface area contributed by atoms with Crippen molar-refractivity contribution < 1.29 is 34.5 Å². The molecule has 0 fully saturated rings. The molecule has 0 unspecified atom stereocenters. The zero-order valence-electron chi connectivity index (χ0n) is 5.64. The molecular weight excluding hydrogens is 173 g/mol. The molecule has 0 aromatic heterocycles. The number of hydrogen-bond acceptors (Lipinski definition) is 2. The summed E-state index contributed by atoms with van der Waals surface area (Å²) < 4.78 is 0. The summed E-state index contributed by atoms with van der Waals surface area (Å²) in [5.41, 5.74) is 0. The van der Waals surface area contributed by atoms with Crippen LogP contribution in [0.3, 0.4) is 0 Å². The molecule has 0 N–H and O–H groups in total. The summed E-state index contributed by atoms with van der Waals surface area (Å²) >= 11 is 0. The summed E-state index contributed by atoms with van der Waals surface area (Å²) in [5, 5.41) is 0. The maximum absolute atomic E-state index is 10.0. The molecule has 0 aliphatic heterocycles. The second kappa shape index (κ2) is 7.92. The van der Waals surface area contributed by atoms with E-state index in [2.05, 4.69) is 0 Å². The third-order valence-electron chi connectivity index (χ3n) is 0.498. The largest absolute Gasteiger partial charge is 2.00 e. The summed E-state index contributed by atoms with van der Waals surface area (Å²) in [4.78, 5) is 20.1. The summed E-state index contributed by atoms with van der Waals surface area (Å²) in [6.07, 6.45) is 0.0833. The molecule has 0 atom stereocenters. The molecule has 9 heavy (non-hydrogen) atoms. The van der Waals surface area contributed by atoms with E-state index >= 15 is 0 Å². The molecular formula is C5H8O3Zn. The molecule has 0 amide bonds. The van der Waals surface area contributed by atoms with Crippen LogP contribution in [0.2, 0.25) is 0 Å². The predicted octanol–water partition coefficient (Wildman–Crippen LogP) is 0.433. The van der Waals surface area contributed by atoms with Crippen molar-refractivity contribution >= 4 is 11.6 Å². The Balaban J connectivity index is -0.000000180. The van der Waals surface area contributed by atoms with Gasteiger partial charge in [-0.25, -0.2) is 0 Å². The van der Waals surface area contributed by atoms with Crippen molar-refractivity contribution in [2.45, 2.75) is 20.3 Å². The number of ketones is 2. The van der Waals surface area contributed by atoms with Crippen LogP contribution in [0.25, 0.3) is 0 Å². The van der Waals surface area contributed by atoms with Gasteiger partial charge in [0.05, 0.1) is 6.42 Å². The van der Waals surface area contributed by atoms with Crippen molar-refractivity contribution in [3.8, 4) is 0 Å². The third-order valence-corrected chi connectivity index (χ3v) is 0.498. The van der Waals surface area contributed by atoms with Crippen LogP contribution in [0.1, 0.15) is 20.3 Å². The van der Waals surface area contributed by atoms with E-state index in [1.807, 2.05) is 0 Å². The van der Waals surface area contributed by atoms with E-state index in [0.717, 1.165) is 0 Å². The second-order valence-corrected chi connectivity index (χ2v) is 1.58. The van der Waals surface area contributed by atoms with Gasteiger partial charge < -0.3 is 5.48 Å². The first kappa shape index (κ1) is 16.0. The van der Waals surface area contributed by atoms with Crippen LogP contribution in [0.5, 0.6) is 0 Å². The van der Waals surface area contributed by atoms with Gasteiger partial charge >= 0.3 is 19.5 Å². The maximum Gasteiger partial charge on any atom is 2.00 e. The Morgan fingerprint density at radius 1 is 1.11 bits per heavy atom. The summed E-state index contributed by atoms with van der Waals surface area (Å²) in [6, 6.07) is 0. The Hall–Kier alpha value is -0.0766. The van der Waals surface area contributed by atoms with Gasteiger partial charge in [0.25, 0.3) is 0 Å². The molecule has 0 aromatic rings. The topological polar surface area (TPSA) is 62.6 Å². The SMILES string of the molecule is CC(=O)CC(C)=O.[O-2].[Zn+2]. The van der Waals surface area contributed by atoms with Gasteiger partial charge in [0.1, 0.15) is 11.6 Å². The van der Waals surface area contributed by atoms with Crippen molar-refractivity contribution in [1.82, 2.24) is 0 Å². The molecule has 0 heterocycles. The molecule has 0 bridgehead atoms. The molecule has 48 valence electrons. The zero-order valence-corrected chi connectivity index (χ0v) is 8.61. The molecule has 0 saturated heterocycles. The van der Waals surface area contributed by atoms with Crippen LogP contribution in [0.4, 0.5) is 0 Å². The van der Waals surface area contributed by atoms with Crippen molar-refractivity contribution in [2.75, 3.05) is 0 Å². The fourth-order valence-electron chi connectivity index (χ4n) is 0.351. The number of hydrogen-bond donors (Lipinski definition) is 0. The molecule has 4 heteroatoms. The summed E-state index contributed by atoms with van der Waals surface area (Å²) in [7, 11) is 0. The molecule has 0 aliphatic rings. The van der Waals surface area contributed by atoms with Crippen LogP contribution in [-0.4, -0.2) is 11.6 Å². The minimum atomic E-state index is -0.0625. The fourth-order valence-corrected chi connectivity index (χ4v) is 0.351. The Bertz CT molecular complexity index is 88.4. The fraction of sp³-hybridized carbons (Fsp3) is 0.600. The average molecular weight is 182 g/mol. The molecule has 0 aliphatic carbocycles. The molecule has 3 nitrogen and oxygen atoms in total. The predicted molar refractivity (Wildman–Crippen MR) is 26.7 cm³/mol. The molecule has 0 spiro atoms. The number of carbonyl (C=O) groups is 2. The number of Topliss-reactive ketones (excluding diaryl/α,β-unsaturated/α-hetero) is 2. The van der Waals surface area contributed by atoms with Crippen LogP contribution in [-0.2, 0) is 34.5 Å². The molecule has 0 aromatic carbocycles. The normalized spacial score (nSPS) is 6.44. The Kier molecular flexibility index (Phi) is 14.1. The van der Waals surface area contributed by atoms with Gasteiger partial charge in [-0.3, -0.25) is 9.59 Å². The van der Waals surface area contributed by atoms with E-state index < -0.39 is 0 Å². The van der Waals surface area contributed by atoms with Crippen molar-refractivity contribution in [2.24, 2.45) is 0 Å². The van der Waals surface area contributed by atoms with Gasteiger partial charge in [0.2, 0.25) is 0 Å². The second-order valence-electron chi connectivity index (χ2n) is 1.58. The minimum absolute atomic E-state index is 0. The van der Waals surface area contributed by atoms with E-state index in [9.17, 15) is 9.59 Å². The van der Waals surface area contributed by atoms with Crippen molar-refractivity contribution in [1.29, 1.82) is 0 Å². The first-order valence-corrected chi connectivity index (χ1v) is 2.12. The molecule has 0 rings (SSSR count). The molecule has 0 saturated carbocycles. The number of carbonyl (C=O) groups excluding carboxylic acids is 2. The van der Waals surface area contributed by atoms with E-state index in [1.165, 1.54) is 13.8 Å². The Labute approximate surface area is 66.9 Å². The van der Waals surface area contributed by atoms with Crippen LogP contribution < -0.4 is 0 Å². The average Bonchev–Trinajstić information content (AvgIpc) is 1.27.